The third-order valence-corrected chi connectivity index (χ3v) is 4.22. The third kappa shape index (κ3) is 3.08. The van der Waals surface area contributed by atoms with Crippen LogP contribution in [0.1, 0.15) is 0 Å². The van der Waals surface area contributed by atoms with Gasteiger partial charge >= 0.3 is 0 Å². The Morgan fingerprint density at radius 2 is 1.67 bits per heavy atom. The zero-order valence-corrected chi connectivity index (χ0v) is 15.1. The first-order valence-electron chi connectivity index (χ1n) is 7.09. The van der Waals surface area contributed by atoms with Gasteiger partial charge in [0.05, 0.1) is 23.3 Å². The maximum Gasteiger partial charge on any atom is 0.180 e. The van der Waals surface area contributed by atoms with Gasteiger partial charge in [-0.05, 0) is 12.1 Å². The van der Waals surface area contributed by atoms with Crippen molar-refractivity contribution in [2.45, 2.75) is 0 Å². The third-order valence-electron chi connectivity index (χ3n) is 3.55. The predicted molar refractivity (Wildman–Crippen MR) is 103 cm³/mol. The lowest BCUT2D eigenvalue weighted by Gasteiger charge is -2.07. The molecule has 24 heavy (non-hydrogen) atoms. The van der Waals surface area contributed by atoms with Crippen LogP contribution < -0.4 is 5.73 Å². The van der Waals surface area contributed by atoms with Gasteiger partial charge in [0.2, 0.25) is 0 Å². The topological polar surface area (TPSA) is 69.6 Å². The second-order valence-corrected chi connectivity index (χ2v) is 5.90. The van der Waals surface area contributed by atoms with Gasteiger partial charge in [0.25, 0.3) is 0 Å². The van der Waals surface area contributed by atoms with Crippen molar-refractivity contribution in [3.8, 4) is 28.2 Å². The average Bonchev–Trinajstić information content (AvgIpc) is 3.25. The summed E-state index contributed by atoms with van der Waals surface area (Å²) in [4.78, 5) is 4.30. The van der Waals surface area contributed by atoms with Gasteiger partial charge in [0.1, 0.15) is 0 Å². The van der Waals surface area contributed by atoms with E-state index in [0.29, 0.717) is 5.13 Å². The maximum absolute atomic E-state index is 5.69. The maximum atomic E-state index is 5.69. The highest BCUT2D eigenvalue weighted by atomic mass is 79.9. The second kappa shape index (κ2) is 6.94. The normalized spacial score (nSPS) is 10.3. The van der Waals surface area contributed by atoms with E-state index in [-0.39, 0.29) is 17.0 Å². The minimum absolute atomic E-state index is 0. The molecule has 0 unspecified atom stereocenters. The lowest BCUT2D eigenvalue weighted by Crippen LogP contribution is -1.99. The number of thiazole rings is 1. The number of anilines is 1. The van der Waals surface area contributed by atoms with E-state index in [1.54, 1.807) is 6.20 Å². The van der Waals surface area contributed by atoms with Gasteiger partial charge in [-0.15, -0.1) is 33.4 Å². The number of aromatic nitrogens is 4. The second-order valence-electron chi connectivity index (χ2n) is 5.01. The first-order chi connectivity index (χ1) is 11.3. The molecule has 2 aromatic carbocycles. The summed E-state index contributed by atoms with van der Waals surface area (Å²) in [5.74, 6) is 0. The van der Waals surface area contributed by atoms with Crippen LogP contribution in [0.3, 0.4) is 0 Å². The van der Waals surface area contributed by atoms with Gasteiger partial charge < -0.3 is 5.73 Å². The van der Waals surface area contributed by atoms with Crippen molar-refractivity contribution in [1.82, 2.24) is 20.0 Å². The number of hydrogen-bond acceptors (Lipinski definition) is 5. The van der Waals surface area contributed by atoms with E-state index < -0.39 is 0 Å². The number of hydrogen-bond donors (Lipinski definition) is 1. The van der Waals surface area contributed by atoms with Crippen LogP contribution in [-0.2, 0) is 0 Å². The van der Waals surface area contributed by atoms with Crippen molar-refractivity contribution in [3.05, 3.63) is 66.2 Å². The first-order valence-corrected chi connectivity index (χ1v) is 7.97. The Morgan fingerprint density at radius 1 is 0.917 bits per heavy atom. The number of benzene rings is 2. The van der Waals surface area contributed by atoms with Crippen molar-refractivity contribution in [2.24, 2.45) is 0 Å². The Morgan fingerprint density at radius 3 is 2.33 bits per heavy atom. The van der Waals surface area contributed by atoms with E-state index in [0.717, 1.165) is 28.2 Å². The molecule has 7 heteroatoms. The molecule has 5 nitrogen and oxygen atoms in total. The molecule has 4 aromatic rings. The van der Waals surface area contributed by atoms with Gasteiger partial charge in [0.15, 0.2) is 5.13 Å². The molecule has 0 fully saturated rings. The van der Waals surface area contributed by atoms with Crippen LogP contribution in [0.5, 0.6) is 0 Å². The fraction of sp³-hybridized carbons (Fsp3) is 0. The van der Waals surface area contributed by atoms with Gasteiger partial charge in [-0.3, -0.25) is 0 Å². The minimum Gasteiger partial charge on any atom is -0.375 e. The summed E-state index contributed by atoms with van der Waals surface area (Å²) in [6, 6.07) is 18.1. The lowest BCUT2D eigenvalue weighted by atomic mass is 10.1. The zero-order chi connectivity index (χ0) is 15.6. The number of nitrogens with two attached hydrogens (primary N) is 1. The number of rotatable bonds is 3. The van der Waals surface area contributed by atoms with Gasteiger partial charge in [0, 0.05) is 16.5 Å². The molecule has 0 aliphatic rings. The molecule has 0 amide bonds. The molecule has 2 heterocycles. The number of nitrogen functional groups attached to an aromatic ring is 1. The van der Waals surface area contributed by atoms with Crippen molar-refractivity contribution in [2.75, 3.05) is 5.73 Å². The van der Waals surface area contributed by atoms with Gasteiger partial charge in [-0.2, -0.15) is 0 Å². The molecular formula is C17H14BrN5S. The fourth-order valence-corrected chi connectivity index (χ4v) is 3.00. The molecule has 0 radical (unpaired) electrons. The van der Waals surface area contributed by atoms with Crippen LogP contribution in [-0.4, -0.2) is 20.0 Å². The molecule has 4 rings (SSSR count). The minimum atomic E-state index is 0. The molecule has 0 aliphatic carbocycles. The Kier molecular flexibility index (Phi) is 4.73. The smallest absolute Gasteiger partial charge is 0.180 e. The average molecular weight is 400 g/mol. The van der Waals surface area contributed by atoms with Crippen LogP contribution in [0.25, 0.3) is 28.2 Å². The fourth-order valence-electron chi connectivity index (χ4n) is 2.43. The highest BCUT2D eigenvalue weighted by Crippen LogP contribution is 2.26. The summed E-state index contributed by atoms with van der Waals surface area (Å²) in [6.07, 6.45) is 1.77. The summed E-state index contributed by atoms with van der Waals surface area (Å²) >= 11 is 1.44. The van der Waals surface area contributed by atoms with E-state index in [9.17, 15) is 0 Å². The Bertz CT molecular complexity index is 931. The highest BCUT2D eigenvalue weighted by Gasteiger charge is 2.09. The van der Waals surface area contributed by atoms with E-state index >= 15 is 0 Å². The van der Waals surface area contributed by atoms with Crippen molar-refractivity contribution in [1.29, 1.82) is 0 Å². The summed E-state index contributed by atoms with van der Waals surface area (Å²) < 4.78 is 1.83. The zero-order valence-electron chi connectivity index (χ0n) is 12.5. The SMILES string of the molecule is Br.Nc1nc(-c2ccc(-n3nncc3-c3ccccc3)cc2)cs1. The molecule has 0 spiro atoms. The van der Waals surface area contributed by atoms with E-state index in [1.165, 1.54) is 11.3 Å². The number of halogens is 1. The van der Waals surface area contributed by atoms with E-state index in [2.05, 4.69) is 15.3 Å². The summed E-state index contributed by atoms with van der Waals surface area (Å²) in [5, 5.41) is 10.8. The van der Waals surface area contributed by atoms with Crippen LogP contribution in [0.4, 0.5) is 5.13 Å². The van der Waals surface area contributed by atoms with Crippen molar-refractivity contribution >= 4 is 33.4 Å². The highest BCUT2D eigenvalue weighted by molar-refractivity contribution is 8.93. The van der Waals surface area contributed by atoms with Crippen molar-refractivity contribution < 1.29 is 0 Å². The molecule has 0 saturated heterocycles. The first kappa shape index (κ1) is 16.4. The summed E-state index contributed by atoms with van der Waals surface area (Å²) in [6.45, 7) is 0. The predicted octanol–water partition coefficient (Wildman–Crippen LogP) is 4.22. The summed E-state index contributed by atoms with van der Waals surface area (Å²) in [5.41, 5.74) is 10.6. The lowest BCUT2D eigenvalue weighted by molar-refractivity contribution is 0.808. The monoisotopic (exact) mass is 399 g/mol. The Balaban J connectivity index is 0.00000169. The van der Waals surface area contributed by atoms with E-state index in [4.69, 9.17) is 5.73 Å². The largest absolute Gasteiger partial charge is 0.375 e. The van der Waals surface area contributed by atoms with E-state index in [1.807, 2.05) is 64.7 Å². The summed E-state index contributed by atoms with van der Waals surface area (Å²) in [7, 11) is 0. The molecule has 2 N–H and O–H groups in total. The van der Waals surface area contributed by atoms with Crippen LogP contribution in [0.15, 0.2) is 66.2 Å². The molecule has 0 atom stereocenters. The van der Waals surface area contributed by atoms with Crippen molar-refractivity contribution in [3.63, 3.8) is 0 Å². The standard InChI is InChI=1S/C17H13N5S.BrH/c18-17-20-15(11-23-17)12-6-8-14(9-7-12)22-16(10-19-21-22)13-4-2-1-3-5-13;/h1-11H,(H2,18,20);1H. The van der Waals surface area contributed by atoms with Crippen LogP contribution in [0.2, 0.25) is 0 Å². The van der Waals surface area contributed by atoms with Gasteiger partial charge in [-0.1, -0.05) is 47.7 Å². The molecule has 0 aliphatic heterocycles. The van der Waals surface area contributed by atoms with Crippen LogP contribution in [0, 0.1) is 0 Å². The molecule has 0 saturated carbocycles. The Hall–Kier alpha value is -2.51. The van der Waals surface area contributed by atoms with Gasteiger partial charge in [-0.25, -0.2) is 9.67 Å². The van der Waals surface area contributed by atoms with Crippen LogP contribution >= 0.6 is 28.3 Å². The molecule has 0 bridgehead atoms. The molecule has 120 valence electrons. The molecular weight excluding hydrogens is 386 g/mol. The quantitative estimate of drug-likeness (QED) is 0.559. The number of nitrogens with zero attached hydrogens (tertiary/aromatic N) is 4. The molecule has 2 aromatic heterocycles. The Labute approximate surface area is 153 Å².